The van der Waals surface area contributed by atoms with Gasteiger partial charge >= 0.3 is 0 Å². The van der Waals surface area contributed by atoms with Crippen LogP contribution in [0.15, 0.2) is 10.9 Å². The molecule has 0 amide bonds. The number of thiazole rings is 1. The summed E-state index contributed by atoms with van der Waals surface area (Å²) in [6.45, 7) is 2.90. The van der Waals surface area contributed by atoms with Crippen LogP contribution in [-0.2, 0) is 0 Å². The van der Waals surface area contributed by atoms with Gasteiger partial charge in [0, 0.05) is 23.5 Å². The van der Waals surface area contributed by atoms with Crippen molar-refractivity contribution in [3.8, 4) is 11.5 Å². The third-order valence-corrected chi connectivity index (χ3v) is 2.67. The topological polar surface area (TPSA) is 50.7 Å². The van der Waals surface area contributed by atoms with Crippen molar-refractivity contribution in [2.75, 3.05) is 11.9 Å². The molecule has 0 fully saturated rings. The van der Waals surface area contributed by atoms with Crippen LogP contribution in [-0.4, -0.2) is 20.9 Å². The SMILES string of the molecule is CCNc1nc(-c2cscn2)ns1. The van der Waals surface area contributed by atoms with Gasteiger partial charge in [0.2, 0.25) is 5.13 Å². The van der Waals surface area contributed by atoms with Gasteiger partial charge in [-0.25, -0.2) is 4.98 Å². The molecule has 0 radical (unpaired) electrons. The second kappa shape index (κ2) is 3.80. The molecule has 0 aliphatic heterocycles. The maximum atomic E-state index is 4.28. The van der Waals surface area contributed by atoms with Crippen molar-refractivity contribution in [2.45, 2.75) is 6.92 Å². The van der Waals surface area contributed by atoms with Gasteiger partial charge in [0.15, 0.2) is 5.82 Å². The quantitative estimate of drug-likeness (QED) is 0.846. The first-order valence-electron chi connectivity index (χ1n) is 3.86. The van der Waals surface area contributed by atoms with Crippen molar-refractivity contribution in [1.29, 1.82) is 0 Å². The zero-order valence-electron chi connectivity index (χ0n) is 7.02. The number of anilines is 1. The van der Waals surface area contributed by atoms with E-state index in [1.54, 1.807) is 16.8 Å². The first-order valence-corrected chi connectivity index (χ1v) is 5.58. The molecular weight excluding hydrogens is 204 g/mol. The molecule has 0 unspecified atom stereocenters. The molecule has 0 aromatic carbocycles. The fourth-order valence-corrected chi connectivity index (χ4v) is 2.05. The second-order valence-corrected chi connectivity index (χ2v) is 3.80. The highest BCUT2D eigenvalue weighted by atomic mass is 32.1. The van der Waals surface area contributed by atoms with Crippen LogP contribution < -0.4 is 5.32 Å². The van der Waals surface area contributed by atoms with Gasteiger partial charge in [-0.05, 0) is 6.92 Å². The molecule has 68 valence electrons. The molecule has 13 heavy (non-hydrogen) atoms. The summed E-state index contributed by atoms with van der Waals surface area (Å²) in [6, 6.07) is 0. The van der Waals surface area contributed by atoms with Crippen LogP contribution in [0.4, 0.5) is 5.13 Å². The van der Waals surface area contributed by atoms with Crippen LogP contribution in [0.3, 0.4) is 0 Å². The average Bonchev–Trinajstić information content (AvgIpc) is 2.70. The van der Waals surface area contributed by atoms with Crippen molar-refractivity contribution in [3.05, 3.63) is 10.9 Å². The molecule has 2 heterocycles. The summed E-state index contributed by atoms with van der Waals surface area (Å²) in [4.78, 5) is 8.42. The molecule has 0 aliphatic rings. The van der Waals surface area contributed by atoms with Crippen molar-refractivity contribution in [2.24, 2.45) is 0 Å². The smallest absolute Gasteiger partial charge is 0.202 e. The molecule has 0 saturated heterocycles. The Morgan fingerprint density at radius 3 is 3.15 bits per heavy atom. The summed E-state index contributed by atoms with van der Waals surface area (Å²) in [5.41, 5.74) is 2.63. The Kier molecular flexibility index (Phi) is 2.51. The number of nitrogens with zero attached hydrogens (tertiary/aromatic N) is 3. The first kappa shape index (κ1) is 8.58. The molecule has 4 nitrogen and oxygen atoms in total. The molecule has 0 aliphatic carbocycles. The van der Waals surface area contributed by atoms with Crippen molar-refractivity contribution in [1.82, 2.24) is 14.3 Å². The van der Waals surface area contributed by atoms with Crippen LogP contribution >= 0.6 is 22.9 Å². The summed E-state index contributed by atoms with van der Waals surface area (Å²) >= 11 is 2.91. The van der Waals surface area contributed by atoms with Gasteiger partial charge in [0.25, 0.3) is 0 Å². The van der Waals surface area contributed by atoms with Gasteiger partial charge in [-0.3, -0.25) is 0 Å². The van der Waals surface area contributed by atoms with Gasteiger partial charge in [-0.15, -0.1) is 11.3 Å². The summed E-state index contributed by atoms with van der Waals surface area (Å²) in [7, 11) is 0. The third-order valence-electron chi connectivity index (χ3n) is 1.42. The monoisotopic (exact) mass is 212 g/mol. The predicted molar refractivity (Wildman–Crippen MR) is 55.2 cm³/mol. The van der Waals surface area contributed by atoms with E-state index in [4.69, 9.17) is 0 Å². The number of hydrogen-bond donors (Lipinski definition) is 1. The molecule has 2 aromatic rings. The Labute approximate surface area is 83.8 Å². The Hall–Kier alpha value is -1.01. The minimum Gasteiger partial charge on any atom is -0.361 e. The molecule has 0 saturated carbocycles. The van der Waals surface area contributed by atoms with E-state index in [1.807, 2.05) is 12.3 Å². The highest BCUT2D eigenvalue weighted by Crippen LogP contribution is 2.20. The van der Waals surface area contributed by atoms with Gasteiger partial charge in [-0.2, -0.15) is 9.36 Å². The molecular formula is C7H8N4S2. The molecule has 6 heteroatoms. The summed E-state index contributed by atoms with van der Waals surface area (Å²) < 4.78 is 4.19. The first-order chi connectivity index (χ1) is 6.40. The molecule has 2 aromatic heterocycles. The lowest BCUT2D eigenvalue weighted by atomic mass is 10.5. The van der Waals surface area contributed by atoms with Crippen molar-refractivity contribution in [3.63, 3.8) is 0 Å². The maximum absolute atomic E-state index is 4.28. The van der Waals surface area contributed by atoms with Crippen molar-refractivity contribution >= 4 is 28.0 Å². The lowest BCUT2D eigenvalue weighted by Crippen LogP contribution is -1.94. The zero-order chi connectivity index (χ0) is 9.10. The minimum atomic E-state index is 0.710. The number of aromatic nitrogens is 3. The second-order valence-electron chi connectivity index (χ2n) is 2.33. The Morgan fingerprint density at radius 2 is 2.46 bits per heavy atom. The van der Waals surface area contributed by atoms with E-state index >= 15 is 0 Å². The zero-order valence-corrected chi connectivity index (χ0v) is 8.65. The highest BCUT2D eigenvalue weighted by Gasteiger charge is 2.06. The van der Waals surface area contributed by atoms with E-state index in [1.165, 1.54) is 11.5 Å². The van der Waals surface area contributed by atoms with Crippen LogP contribution in [0, 0.1) is 0 Å². The maximum Gasteiger partial charge on any atom is 0.202 e. The van der Waals surface area contributed by atoms with Gasteiger partial charge < -0.3 is 5.32 Å². The molecule has 0 atom stereocenters. The fourth-order valence-electron chi connectivity index (χ4n) is 0.874. The molecule has 0 bridgehead atoms. The Balaban J connectivity index is 2.23. The van der Waals surface area contributed by atoms with Crippen molar-refractivity contribution < 1.29 is 0 Å². The standard InChI is InChI=1S/C7H8N4S2/c1-2-8-7-10-6(11-13-7)5-3-12-4-9-5/h3-4H,2H2,1H3,(H,8,10,11). The molecule has 2 rings (SSSR count). The Morgan fingerprint density at radius 1 is 1.54 bits per heavy atom. The highest BCUT2D eigenvalue weighted by molar-refractivity contribution is 7.10. The summed E-state index contributed by atoms with van der Waals surface area (Å²) in [5.74, 6) is 0.710. The van der Waals surface area contributed by atoms with Gasteiger partial charge in [-0.1, -0.05) is 0 Å². The predicted octanol–water partition coefficient (Wildman–Crippen LogP) is 2.09. The number of hydrogen-bond acceptors (Lipinski definition) is 6. The van der Waals surface area contributed by atoms with Crippen LogP contribution in [0.2, 0.25) is 0 Å². The van der Waals surface area contributed by atoms with E-state index < -0.39 is 0 Å². The largest absolute Gasteiger partial charge is 0.361 e. The summed E-state index contributed by atoms with van der Waals surface area (Å²) in [6.07, 6.45) is 0. The third kappa shape index (κ3) is 1.84. The normalized spacial score (nSPS) is 10.2. The van der Waals surface area contributed by atoms with Gasteiger partial charge in [0.1, 0.15) is 5.69 Å². The minimum absolute atomic E-state index is 0.710. The van der Waals surface area contributed by atoms with Crippen LogP contribution in [0.25, 0.3) is 11.5 Å². The number of nitrogens with one attached hydrogen (secondary N) is 1. The van der Waals surface area contributed by atoms with E-state index in [9.17, 15) is 0 Å². The van der Waals surface area contributed by atoms with E-state index in [-0.39, 0.29) is 0 Å². The molecule has 1 N–H and O–H groups in total. The number of rotatable bonds is 3. The lowest BCUT2D eigenvalue weighted by molar-refractivity contribution is 1.18. The van der Waals surface area contributed by atoms with Gasteiger partial charge in [0.05, 0.1) is 5.51 Å². The van der Waals surface area contributed by atoms with E-state index in [0.29, 0.717) is 5.82 Å². The fraction of sp³-hybridized carbons (Fsp3) is 0.286. The molecule has 0 spiro atoms. The van der Waals surface area contributed by atoms with Crippen LogP contribution in [0.5, 0.6) is 0 Å². The summed E-state index contributed by atoms with van der Waals surface area (Å²) in [5, 5.41) is 5.90. The lowest BCUT2D eigenvalue weighted by Gasteiger charge is -1.91. The average molecular weight is 212 g/mol. The van der Waals surface area contributed by atoms with Crippen LogP contribution in [0.1, 0.15) is 6.92 Å². The van der Waals surface area contributed by atoms with E-state index in [2.05, 4.69) is 19.7 Å². The Bertz CT molecular complexity index is 368. The van der Waals surface area contributed by atoms with E-state index in [0.717, 1.165) is 17.4 Å².